The standard InChI is InChI=1S/C14H15NO3S/c16-13(15-8-19-7-12(15)14(17)18)11-5-9-3-1-2-4-10(9)6-11/h1-4,11-12H,5-8H2,(H,17,18)/t12-/m0/s1. The van der Waals surface area contributed by atoms with Gasteiger partial charge in [0, 0.05) is 11.7 Å². The van der Waals surface area contributed by atoms with Crippen LogP contribution in [-0.2, 0) is 22.4 Å². The molecule has 1 saturated heterocycles. The third-order valence-electron chi connectivity index (χ3n) is 3.85. The molecule has 1 aromatic carbocycles. The predicted molar refractivity (Wildman–Crippen MR) is 72.9 cm³/mol. The minimum absolute atomic E-state index is 0.00593. The molecule has 1 N–H and O–H groups in total. The lowest BCUT2D eigenvalue weighted by Gasteiger charge is -2.23. The van der Waals surface area contributed by atoms with E-state index in [1.807, 2.05) is 12.1 Å². The lowest BCUT2D eigenvalue weighted by molar-refractivity contribution is -0.149. The first-order valence-electron chi connectivity index (χ1n) is 6.34. The highest BCUT2D eigenvalue weighted by molar-refractivity contribution is 7.99. The van der Waals surface area contributed by atoms with Crippen molar-refractivity contribution in [3.05, 3.63) is 35.4 Å². The third kappa shape index (κ3) is 2.23. The van der Waals surface area contributed by atoms with Crippen LogP contribution in [-0.4, -0.2) is 39.6 Å². The molecule has 1 aromatic rings. The maximum Gasteiger partial charge on any atom is 0.327 e. The first kappa shape index (κ1) is 12.5. The van der Waals surface area contributed by atoms with Crippen molar-refractivity contribution in [3.8, 4) is 0 Å². The molecular weight excluding hydrogens is 262 g/mol. The summed E-state index contributed by atoms with van der Waals surface area (Å²) in [5, 5.41) is 9.14. The summed E-state index contributed by atoms with van der Waals surface area (Å²) in [6.07, 6.45) is 1.48. The molecule has 0 unspecified atom stereocenters. The van der Waals surface area contributed by atoms with E-state index in [-0.39, 0.29) is 11.8 Å². The van der Waals surface area contributed by atoms with E-state index < -0.39 is 12.0 Å². The number of thioether (sulfide) groups is 1. The number of carbonyl (C=O) groups excluding carboxylic acids is 1. The highest BCUT2D eigenvalue weighted by atomic mass is 32.2. The second-order valence-corrected chi connectivity index (χ2v) is 6.04. The summed E-state index contributed by atoms with van der Waals surface area (Å²) in [6.45, 7) is 0. The normalized spacial score (nSPS) is 22.5. The van der Waals surface area contributed by atoms with Gasteiger partial charge in [0.2, 0.25) is 5.91 Å². The SMILES string of the molecule is O=C(O)[C@@H]1CSCN1C(=O)C1Cc2ccccc2C1. The first-order chi connectivity index (χ1) is 9.16. The van der Waals surface area contributed by atoms with E-state index in [2.05, 4.69) is 12.1 Å². The molecule has 1 aliphatic heterocycles. The Morgan fingerprint density at radius 1 is 1.21 bits per heavy atom. The Labute approximate surface area is 115 Å². The van der Waals surface area contributed by atoms with Gasteiger partial charge in [-0.05, 0) is 24.0 Å². The molecule has 5 heteroatoms. The maximum absolute atomic E-state index is 12.5. The summed E-state index contributed by atoms with van der Waals surface area (Å²) in [5.74, 6) is 0.0176. The Kier molecular flexibility index (Phi) is 3.22. The van der Waals surface area contributed by atoms with Gasteiger partial charge < -0.3 is 10.0 Å². The minimum Gasteiger partial charge on any atom is -0.480 e. The molecule has 0 radical (unpaired) electrons. The fourth-order valence-corrected chi connectivity index (χ4v) is 3.99. The maximum atomic E-state index is 12.5. The first-order valence-corrected chi connectivity index (χ1v) is 7.50. The number of hydrogen-bond donors (Lipinski definition) is 1. The van der Waals surface area contributed by atoms with Crippen LogP contribution in [0.3, 0.4) is 0 Å². The van der Waals surface area contributed by atoms with Crippen molar-refractivity contribution in [2.45, 2.75) is 18.9 Å². The number of aliphatic carboxylic acids is 1. The lowest BCUT2D eigenvalue weighted by Crippen LogP contribution is -2.44. The van der Waals surface area contributed by atoms with E-state index in [1.54, 1.807) is 0 Å². The summed E-state index contributed by atoms with van der Waals surface area (Å²) in [4.78, 5) is 25.2. The number of benzene rings is 1. The number of amides is 1. The second-order valence-electron chi connectivity index (χ2n) is 5.04. The lowest BCUT2D eigenvalue weighted by atomic mass is 10.0. The van der Waals surface area contributed by atoms with E-state index >= 15 is 0 Å². The van der Waals surface area contributed by atoms with Gasteiger partial charge in [-0.1, -0.05) is 24.3 Å². The van der Waals surface area contributed by atoms with Crippen molar-refractivity contribution in [1.82, 2.24) is 4.90 Å². The number of rotatable bonds is 2. The summed E-state index contributed by atoms with van der Waals surface area (Å²) < 4.78 is 0. The number of hydrogen-bond acceptors (Lipinski definition) is 3. The van der Waals surface area contributed by atoms with Crippen molar-refractivity contribution in [2.24, 2.45) is 5.92 Å². The highest BCUT2D eigenvalue weighted by Gasteiger charge is 2.39. The van der Waals surface area contributed by atoms with Crippen LogP contribution >= 0.6 is 11.8 Å². The molecule has 2 aliphatic rings. The molecule has 0 saturated carbocycles. The minimum atomic E-state index is -0.895. The van der Waals surface area contributed by atoms with Crippen LogP contribution in [0.2, 0.25) is 0 Å². The Bertz CT molecular complexity index is 506. The molecule has 4 nitrogen and oxygen atoms in total. The van der Waals surface area contributed by atoms with Crippen molar-refractivity contribution in [2.75, 3.05) is 11.6 Å². The molecule has 100 valence electrons. The second kappa shape index (κ2) is 4.89. The third-order valence-corrected chi connectivity index (χ3v) is 4.86. The van der Waals surface area contributed by atoms with Crippen molar-refractivity contribution < 1.29 is 14.7 Å². The van der Waals surface area contributed by atoms with Crippen LogP contribution in [0.4, 0.5) is 0 Å². The molecule has 0 spiro atoms. The van der Waals surface area contributed by atoms with Gasteiger partial charge in [-0.2, -0.15) is 0 Å². The largest absolute Gasteiger partial charge is 0.480 e. The van der Waals surface area contributed by atoms with E-state index in [0.29, 0.717) is 11.6 Å². The molecule has 3 rings (SSSR count). The topological polar surface area (TPSA) is 57.6 Å². The monoisotopic (exact) mass is 277 g/mol. The van der Waals surface area contributed by atoms with Crippen LogP contribution in [0, 0.1) is 5.92 Å². The molecule has 1 fully saturated rings. The van der Waals surface area contributed by atoms with Gasteiger partial charge in [0.25, 0.3) is 0 Å². The average Bonchev–Trinajstić information content (AvgIpc) is 3.04. The Morgan fingerprint density at radius 3 is 2.42 bits per heavy atom. The smallest absolute Gasteiger partial charge is 0.327 e. The van der Waals surface area contributed by atoms with Gasteiger partial charge in [-0.15, -0.1) is 11.8 Å². The van der Waals surface area contributed by atoms with Crippen LogP contribution in [0.15, 0.2) is 24.3 Å². The van der Waals surface area contributed by atoms with Gasteiger partial charge in [0.15, 0.2) is 0 Å². The van der Waals surface area contributed by atoms with Crippen molar-refractivity contribution >= 4 is 23.6 Å². The molecule has 0 aromatic heterocycles. The zero-order chi connectivity index (χ0) is 13.4. The van der Waals surface area contributed by atoms with Gasteiger partial charge in [0.1, 0.15) is 6.04 Å². The molecule has 1 amide bonds. The predicted octanol–water partition coefficient (Wildman–Crippen LogP) is 1.39. The number of carbonyl (C=O) groups is 2. The van der Waals surface area contributed by atoms with E-state index in [9.17, 15) is 9.59 Å². The molecular formula is C14H15NO3S. The average molecular weight is 277 g/mol. The number of nitrogens with zero attached hydrogens (tertiary/aromatic N) is 1. The van der Waals surface area contributed by atoms with Gasteiger partial charge in [0.05, 0.1) is 5.88 Å². The molecule has 19 heavy (non-hydrogen) atoms. The van der Waals surface area contributed by atoms with Crippen LogP contribution in [0.25, 0.3) is 0 Å². The summed E-state index contributed by atoms with van der Waals surface area (Å²) in [5.41, 5.74) is 2.44. The highest BCUT2D eigenvalue weighted by Crippen LogP contribution is 2.31. The van der Waals surface area contributed by atoms with Gasteiger partial charge >= 0.3 is 5.97 Å². The number of carboxylic acid groups (broad SMARTS) is 1. The fourth-order valence-electron chi connectivity index (χ4n) is 2.83. The van der Waals surface area contributed by atoms with E-state index in [1.165, 1.54) is 27.8 Å². The van der Waals surface area contributed by atoms with Crippen LogP contribution < -0.4 is 0 Å². The number of fused-ring (bicyclic) bond motifs is 1. The number of carboxylic acids is 1. The summed E-state index contributed by atoms with van der Waals surface area (Å²) in [6, 6.07) is 7.42. The summed E-state index contributed by atoms with van der Waals surface area (Å²) in [7, 11) is 0. The molecule has 0 bridgehead atoms. The van der Waals surface area contributed by atoms with Crippen LogP contribution in [0.1, 0.15) is 11.1 Å². The van der Waals surface area contributed by atoms with Crippen LogP contribution in [0.5, 0.6) is 0 Å². The molecule has 1 atom stereocenters. The summed E-state index contributed by atoms with van der Waals surface area (Å²) >= 11 is 1.51. The zero-order valence-corrected chi connectivity index (χ0v) is 11.2. The van der Waals surface area contributed by atoms with Gasteiger partial charge in [-0.3, -0.25) is 4.79 Å². The zero-order valence-electron chi connectivity index (χ0n) is 10.4. The quantitative estimate of drug-likeness (QED) is 0.887. The Balaban J connectivity index is 1.74. The van der Waals surface area contributed by atoms with Crippen molar-refractivity contribution in [1.29, 1.82) is 0 Å². The van der Waals surface area contributed by atoms with E-state index in [4.69, 9.17) is 5.11 Å². The molecule has 1 aliphatic carbocycles. The Hall–Kier alpha value is -1.49. The fraction of sp³-hybridized carbons (Fsp3) is 0.429. The van der Waals surface area contributed by atoms with Gasteiger partial charge in [-0.25, -0.2) is 4.79 Å². The van der Waals surface area contributed by atoms with E-state index in [0.717, 1.165) is 12.8 Å². The Morgan fingerprint density at radius 2 is 1.84 bits per heavy atom. The molecule has 1 heterocycles. The van der Waals surface area contributed by atoms with Crippen molar-refractivity contribution in [3.63, 3.8) is 0 Å².